The van der Waals surface area contributed by atoms with E-state index >= 15 is 0 Å². The number of anilines is 2. The molecule has 0 spiro atoms. The Kier molecular flexibility index (Phi) is 5.12. The molecule has 1 aliphatic rings. The molecule has 1 saturated heterocycles. The first-order valence-corrected chi connectivity index (χ1v) is 7.91. The fourth-order valence-corrected chi connectivity index (χ4v) is 3.33. The zero-order chi connectivity index (χ0) is 15.6. The molecular formula is C16H24ClN3O. The van der Waals surface area contributed by atoms with Crippen LogP contribution in [-0.4, -0.2) is 28.9 Å². The van der Waals surface area contributed by atoms with E-state index in [4.69, 9.17) is 17.3 Å². The molecule has 1 fully saturated rings. The molecule has 1 aromatic rings. The highest BCUT2D eigenvalue weighted by Gasteiger charge is 2.32. The number of piperidine rings is 1. The summed E-state index contributed by atoms with van der Waals surface area (Å²) >= 11 is 5.89. The van der Waals surface area contributed by atoms with E-state index in [0.717, 1.165) is 12.8 Å². The van der Waals surface area contributed by atoms with Gasteiger partial charge in [0.1, 0.15) is 0 Å². The van der Waals surface area contributed by atoms with E-state index < -0.39 is 0 Å². The maximum Gasteiger partial charge on any atom is 0.241 e. The summed E-state index contributed by atoms with van der Waals surface area (Å²) in [6.07, 6.45) is 3.53. The van der Waals surface area contributed by atoms with Crippen LogP contribution in [0.5, 0.6) is 0 Å². The lowest BCUT2D eigenvalue weighted by Crippen LogP contribution is -2.53. The molecule has 1 aromatic carbocycles. The van der Waals surface area contributed by atoms with Gasteiger partial charge in [-0.15, -0.1) is 0 Å². The SMILES string of the molecule is CC1CCCC(C)N1C(C)C(=O)Nc1ccc(Cl)c(N)c1. The van der Waals surface area contributed by atoms with Gasteiger partial charge in [0, 0.05) is 17.8 Å². The molecule has 3 N–H and O–H groups in total. The Bertz CT molecular complexity index is 510. The molecule has 0 saturated carbocycles. The third kappa shape index (κ3) is 3.69. The molecule has 116 valence electrons. The number of halogens is 1. The molecule has 5 heteroatoms. The summed E-state index contributed by atoms with van der Waals surface area (Å²) in [7, 11) is 0. The van der Waals surface area contributed by atoms with Crippen LogP contribution in [0, 0.1) is 0 Å². The molecule has 3 atom stereocenters. The van der Waals surface area contributed by atoms with Gasteiger partial charge in [-0.3, -0.25) is 9.69 Å². The van der Waals surface area contributed by atoms with Crippen molar-refractivity contribution in [2.24, 2.45) is 0 Å². The van der Waals surface area contributed by atoms with E-state index in [9.17, 15) is 4.79 Å². The Morgan fingerprint density at radius 3 is 2.57 bits per heavy atom. The summed E-state index contributed by atoms with van der Waals surface area (Å²) in [4.78, 5) is 14.8. The zero-order valence-corrected chi connectivity index (χ0v) is 13.7. The quantitative estimate of drug-likeness (QED) is 0.840. The van der Waals surface area contributed by atoms with Crippen molar-refractivity contribution in [3.05, 3.63) is 23.2 Å². The second-order valence-electron chi connectivity index (χ2n) is 5.98. The average Bonchev–Trinajstić information content (AvgIpc) is 2.42. The van der Waals surface area contributed by atoms with E-state index in [2.05, 4.69) is 24.1 Å². The van der Waals surface area contributed by atoms with Gasteiger partial charge in [0.05, 0.1) is 16.8 Å². The van der Waals surface area contributed by atoms with E-state index in [1.54, 1.807) is 18.2 Å². The molecule has 1 aliphatic heterocycles. The number of carbonyl (C=O) groups excluding carboxylic acids is 1. The molecule has 4 nitrogen and oxygen atoms in total. The van der Waals surface area contributed by atoms with Crippen molar-refractivity contribution in [3.8, 4) is 0 Å². The van der Waals surface area contributed by atoms with Crippen LogP contribution >= 0.6 is 11.6 Å². The van der Waals surface area contributed by atoms with Gasteiger partial charge >= 0.3 is 0 Å². The van der Waals surface area contributed by atoms with Crippen LogP contribution in [0.25, 0.3) is 0 Å². The summed E-state index contributed by atoms with van der Waals surface area (Å²) in [6.45, 7) is 6.35. The highest BCUT2D eigenvalue weighted by atomic mass is 35.5. The first-order valence-electron chi connectivity index (χ1n) is 7.53. The maximum atomic E-state index is 12.5. The number of nitrogen functional groups attached to an aromatic ring is 1. The summed E-state index contributed by atoms with van der Waals surface area (Å²) in [5.41, 5.74) is 6.93. The summed E-state index contributed by atoms with van der Waals surface area (Å²) in [6, 6.07) is 5.87. The first kappa shape index (κ1) is 16.1. The predicted octanol–water partition coefficient (Wildman–Crippen LogP) is 3.51. The number of hydrogen-bond acceptors (Lipinski definition) is 3. The number of nitrogens with two attached hydrogens (primary N) is 1. The standard InChI is InChI=1S/C16H24ClN3O/c1-10-5-4-6-11(2)20(10)12(3)16(21)19-13-7-8-14(17)15(18)9-13/h7-12H,4-6,18H2,1-3H3,(H,19,21). The van der Waals surface area contributed by atoms with Crippen molar-refractivity contribution in [2.75, 3.05) is 11.1 Å². The molecule has 0 aliphatic carbocycles. The molecular weight excluding hydrogens is 286 g/mol. The summed E-state index contributed by atoms with van der Waals surface area (Å²) < 4.78 is 0. The number of nitrogens with one attached hydrogen (secondary N) is 1. The number of benzene rings is 1. The summed E-state index contributed by atoms with van der Waals surface area (Å²) in [5, 5.41) is 3.43. The Morgan fingerprint density at radius 2 is 2.00 bits per heavy atom. The van der Waals surface area contributed by atoms with Crippen LogP contribution in [0.4, 0.5) is 11.4 Å². The minimum atomic E-state index is -0.160. The second-order valence-corrected chi connectivity index (χ2v) is 6.38. The fourth-order valence-electron chi connectivity index (χ4n) is 3.21. The zero-order valence-electron chi connectivity index (χ0n) is 12.9. The molecule has 2 rings (SSSR count). The van der Waals surface area contributed by atoms with E-state index in [-0.39, 0.29) is 11.9 Å². The van der Waals surface area contributed by atoms with Gasteiger partial charge < -0.3 is 11.1 Å². The third-order valence-corrected chi connectivity index (χ3v) is 4.70. The molecule has 21 heavy (non-hydrogen) atoms. The van der Waals surface area contributed by atoms with Crippen molar-refractivity contribution in [2.45, 2.75) is 58.2 Å². The summed E-state index contributed by atoms with van der Waals surface area (Å²) in [5.74, 6) is -0.00248. The monoisotopic (exact) mass is 309 g/mol. The van der Waals surface area contributed by atoms with Crippen LogP contribution < -0.4 is 11.1 Å². The molecule has 1 amide bonds. The van der Waals surface area contributed by atoms with Crippen LogP contribution in [0.1, 0.15) is 40.0 Å². The Balaban J connectivity index is 2.06. The Hall–Kier alpha value is -1.26. The van der Waals surface area contributed by atoms with E-state index in [1.165, 1.54) is 6.42 Å². The molecule has 0 aromatic heterocycles. The van der Waals surface area contributed by atoms with Crippen molar-refractivity contribution in [3.63, 3.8) is 0 Å². The number of nitrogens with zero attached hydrogens (tertiary/aromatic N) is 1. The lowest BCUT2D eigenvalue weighted by atomic mass is 9.95. The fraction of sp³-hybridized carbons (Fsp3) is 0.562. The number of carbonyl (C=O) groups is 1. The normalized spacial score (nSPS) is 24.6. The number of rotatable bonds is 3. The minimum Gasteiger partial charge on any atom is -0.397 e. The number of hydrogen-bond donors (Lipinski definition) is 2. The Labute approximate surface area is 131 Å². The highest BCUT2D eigenvalue weighted by molar-refractivity contribution is 6.33. The highest BCUT2D eigenvalue weighted by Crippen LogP contribution is 2.26. The Morgan fingerprint density at radius 1 is 1.38 bits per heavy atom. The van der Waals surface area contributed by atoms with Crippen LogP contribution in [0.15, 0.2) is 18.2 Å². The van der Waals surface area contributed by atoms with Crippen molar-refractivity contribution in [1.29, 1.82) is 0 Å². The van der Waals surface area contributed by atoms with E-state index in [0.29, 0.717) is 28.5 Å². The molecule has 0 radical (unpaired) electrons. The van der Waals surface area contributed by atoms with Gasteiger partial charge in [0.15, 0.2) is 0 Å². The molecule has 3 unspecified atom stereocenters. The smallest absolute Gasteiger partial charge is 0.241 e. The van der Waals surface area contributed by atoms with Gasteiger partial charge in [0.25, 0.3) is 0 Å². The first-order chi connectivity index (χ1) is 9.90. The molecule has 1 heterocycles. The van der Waals surface area contributed by atoms with Crippen LogP contribution in [0.2, 0.25) is 5.02 Å². The van der Waals surface area contributed by atoms with Crippen molar-refractivity contribution in [1.82, 2.24) is 4.90 Å². The van der Waals surface area contributed by atoms with Crippen LogP contribution in [0.3, 0.4) is 0 Å². The second kappa shape index (κ2) is 6.67. The topological polar surface area (TPSA) is 58.4 Å². The lowest BCUT2D eigenvalue weighted by Gasteiger charge is -2.42. The number of amides is 1. The van der Waals surface area contributed by atoms with Crippen LogP contribution in [-0.2, 0) is 4.79 Å². The van der Waals surface area contributed by atoms with Gasteiger partial charge in [-0.1, -0.05) is 18.0 Å². The van der Waals surface area contributed by atoms with E-state index in [1.807, 2.05) is 6.92 Å². The van der Waals surface area contributed by atoms with Gasteiger partial charge in [0.2, 0.25) is 5.91 Å². The van der Waals surface area contributed by atoms with Crippen molar-refractivity contribution < 1.29 is 4.79 Å². The predicted molar refractivity (Wildman–Crippen MR) is 88.6 cm³/mol. The van der Waals surface area contributed by atoms with Crippen molar-refractivity contribution >= 4 is 28.9 Å². The van der Waals surface area contributed by atoms with Gasteiger partial charge in [-0.2, -0.15) is 0 Å². The van der Waals surface area contributed by atoms with Gasteiger partial charge in [-0.25, -0.2) is 0 Å². The third-order valence-electron chi connectivity index (χ3n) is 4.35. The molecule has 0 bridgehead atoms. The minimum absolute atomic E-state index is 0.00248. The maximum absolute atomic E-state index is 12.5. The lowest BCUT2D eigenvalue weighted by molar-refractivity contribution is -0.123. The van der Waals surface area contributed by atoms with Gasteiger partial charge in [-0.05, 0) is 51.8 Å². The largest absolute Gasteiger partial charge is 0.397 e. The average molecular weight is 310 g/mol. The number of likely N-dealkylation sites (tertiary alicyclic amines) is 1.